The molecular weight excluding hydrogens is 227 g/mol. The first-order valence-electron chi connectivity index (χ1n) is 4.99. The highest BCUT2D eigenvalue weighted by molar-refractivity contribution is 6.31. The van der Waals surface area contributed by atoms with Gasteiger partial charge in [-0.15, -0.1) is 11.8 Å². The van der Waals surface area contributed by atoms with E-state index in [-0.39, 0.29) is 11.9 Å². The molecule has 0 aliphatic carbocycles. The predicted octanol–water partition coefficient (Wildman–Crippen LogP) is 2.79. The smallest absolute Gasteiger partial charge is 0.124 e. The van der Waals surface area contributed by atoms with Gasteiger partial charge in [0, 0.05) is 17.5 Å². The first-order chi connectivity index (χ1) is 7.69. The van der Waals surface area contributed by atoms with Crippen LogP contribution in [0, 0.1) is 17.7 Å². The second-order valence-electron chi connectivity index (χ2n) is 3.35. The summed E-state index contributed by atoms with van der Waals surface area (Å²) in [6, 6.07) is 4.19. The molecule has 0 saturated carbocycles. The van der Waals surface area contributed by atoms with Crippen molar-refractivity contribution in [1.82, 2.24) is 5.43 Å². The van der Waals surface area contributed by atoms with Crippen LogP contribution in [0.3, 0.4) is 0 Å². The molecular formula is C12H14ClFN2. The summed E-state index contributed by atoms with van der Waals surface area (Å²) in [6.07, 6.45) is 1.46. The first kappa shape index (κ1) is 13.0. The monoisotopic (exact) mass is 240 g/mol. The van der Waals surface area contributed by atoms with Gasteiger partial charge in [-0.1, -0.05) is 17.7 Å². The van der Waals surface area contributed by atoms with Crippen molar-refractivity contribution < 1.29 is 4.39 Å². The van der Waals surface area contributed by atoms with Crippen LogP contribution in [-0.2, 0) is 0 Å². The highest BCUT2D eigenvalue weighted by atomic mass is 35.5. The van der Waals surface area contributed by atoms with Gasteiger partial charge in [0.2, 0.25) is 0 Å². The lowest BCUT2D eigenvalue weighted by Gasteiger charge is -2.16. The molecule has 0 spiro atoms. The fourth-order valence-electron chi connectivity index (χ4n) is 1.45. The quantitative estimate of drug-likeness (QED) is 0.483. The van der Waals surface area contributed by atoms with Gasteiger partial charge in [0.25, 0.3) is 0 Å². The number of nitrogens with one attached hydrogen (secondary N) is 1. The van der Waals surface area contributed by atoms with Crippen LogP contribution in [0.15, 0.2) is 18.2 Å². The van der Waals surface area contributed by atoms with Gasteiger partial charge in [0.15, 0.2) is 0 Å². The second kappa shape index (κ2) is 6.49. The highest BCUT2D eigenvalue weighted by Gasteiger charge is 2.12. The molecule has 16 heavy (non-hydrogen) atoms. The van der Waals surface area contributed by atoms with Crippen LogP contribution in [0.2, 0.25) is 5.02 Å². The van der Waals surface area contributed by atoms with Crippen LogP contribution in [-0.4, -0.2) is 0 Å². The Morgan fingerprint density at radius 2 is 2.31 bits per heavy atom. The maximum atomic E-state index is 12.9. The van der Waals surface area contributed by atoms with E-state index in [0.717, 1.165) is 18.4 Å². The summed E-state index contributed by atoms with van der Waals surface area (Å²) in [4.78, 5) is 0. The number of halogens is 2. The molecule has 1 aromatic carbocycles. The molecule has 1 atom stereocenters. The first-order valence-corrected chi connectivity index (χ1v) is 5.37. The maximum Gasteiger partial charge on any atom is 0.124 e. The number of hydrazine groups is 1. The lowest BCUT2D eigenvalue weighted by molar-refractivity contribution is 0.522. The zero-order valence-electron chi connectivity index (χ0n) is 9.06. The van der Waals surface area contributed by atoms with Crippen LogP contribution >= 0.6 is 11.6 Å². The molecule has 4 heteroatoms. The van der Waals surface area contributed by atoms with E-state index >= 15 is 0 Å². The summed E-state index contributed by atoms with van der Waals surface area (Å²) in [5.41, 5.74) is 3.46. The fraction of sp³-hybridized carbons (Fsp3) is 0.333. The predicted molar refractivity (Wildman–Crippen MR) is 64.2 cm³/mol. The van der Waals surface area contributed by atoms with Crippen molar-refractivity contribution in [3.05, 3.63) is 34.6 Å². The van der Waals surface area contributed by atoms with E-state index in [9.17, 15) is 4.39 Å². The zero-order chi connectivity index (χ0) is 12.0. The molecule has 0 aliphatic heterocycles. The van der Waals surface area contributed by atoms with E-state index in [1.165, 1.54) is 12.1 Å². The molecule has 1 unspecified atom stereocenters. The zero-order valence-corrected chi connectivity index (χ0v) is 9.81. The van der Waals surface area contributed by atoms with E-state index in [4.69, 9.17) is 17.4 Å². The number of hydrogen-bond donors (Lipinski definition) is 2. The molecule has 0 radical (unpaired) electrons. The summed E-state index contributed by atoms with van der Waals surface area (Å²) in [5, 5.41) is 0.382. The minimum absolute atomic E-state index is 0.103. The minimum Gasteiger partial charge on any atom is -0.271 e. The van der Waals surface area contributed by atoms with Crippen molar-refractivity contribution in [3.8, 4) is 11.8 Å². The van der Waals surface area contributed by atoms with Crippen LogP contribution < -0.4 is 11.3 Å². The maximum absolute atomic E-state index is 12.9. The van der Waals surface area contributed by atoms with E-state index in [1.54, 1.807) is 13.0 Å². The van der Waals surface area contributed by atoms with Crippen molar-refractivity contribution in [1.29, 1.82) is 0 Å². The molecule has 0 amide bonds. The van der Waals surface area contributed by atoms with Gasteiger partial charge < -0.3 is 0 Å². The Hall–Kier alpha value is -1.08. The lowest BCUT2D eigenvalue weighted by atomic mass is 10.0. The molecule has 0 heterocycles. The molecule has 0 fully saturated rings. The third-order valence-electron chi connectivity index (χ3n) is 2.27. The molecule has 2 nitrogen and oxygen atoms in total. The van der Waals surface area contributed by atoms with E-state index in [2.05, 4.69) is 17.3 Å². The molecule has 0 saturated heterocycles. The van der Waals surface area contributed by atoms with Crippen molar-refractivity contribution >= 4 is 11.6 Å². The average Bonchev–Trinajstić information content (AvgIpc) is 2.26. The lowest BCUT2D eigenvalue weighted by Crippen LogP contribution is -2.28. The summed E-state index contributed by atoms with van der Waals surface area (Å²) in [6.45, 7) is 1.79. The van der Waals surface area contributed by atoms with Crippen molar-refractivity contribution in [3.63, 3.8) is 0 Å². The fourth-order valence-corrected chi connectivity index (χ4v) is 1.75. The van der Waals surface area contributed by atoms with Crippen molar-refractivity contribution in [2.45, 2.75) is 25.8 Å². The van der Waals surface area contributed by atoms with Crippen LogP contribution in [0.4, 0.5) is 4.39 Å². The average molecular weight is 241 g/mol. The third-order valence-corrected chi connectivity index (χ3v) is 2.60. The van der Waals surface area contributed by atoms with Crippen LogP contribution in [0.25, 0.3) is 0 Å². The molecule has 0 bridgehead atoms. The molecule has 1 rings (SSSR count). The van der Waals surface area contributed by atoms with Gasteiger partial charge in [0.05, 0.1) is 0 Å². The van der Waals surface area contributed by atoms with Gasteiger partial charge in [-0.25, -0.2) is 4.39 Å². The molecule has 0 aromatic heterocycles. The van der Waals surface area contributed by atoms with Crippen molar-refractivity contribution in [2.24, 2.45) is 5.84 Å². The summed E-state index contributed by atoms with van der Waals surface area (Å²) in [5.74, 6) is 10.9. The van der Waals surface area contributed by atoms with Gasteiger partial charge in [-0.2, -0.15) is 0 Å². The molecule has 86 valence electrons. The SMILES string of the molecule is CC#CCCC(NN)c1ccc(F)cc1Cl. The highest BCUT2D eigenvalue weighted by Crippen LogP contribution is 2.26. The van der Waals surface area contributed by atoms with E-state index < -0.39 is 0 Å². The number of rotatable bonds is 4. The Morgan fingerprint density at radius 3 is 2.88 bits per heavy atom. The summed E-state index contributed by atoms with van der Waals surface area (Å²) < 4.78 is 12.9. The number of hydrogen-bond acceptors (Lipinski definition) is 2. The topological polar surface area (TPSA) is 38.0 Å². The normalized spacial score (nSPS) is 11.8. The molecule has 0 aliphatic rings. The Bertz CT molecular complexity index is 409. The number of benzene rings is 1. The van der Waals surface area contributed by atoms with Crippen LogP contribution in [0.5, 0.6) is 0 Å². The van der Waals surface area contributed by atoms with Gasteiger partial charge in [-0.05, 0) is 31.0 Å². The van der Waals surface area contributed by atoms with E-state index in [1.807, 2.05) is 0 Å². The Morgan fingerprint density at radius 1 is 1.56 bits per heavy atom. The summed E-state index contributed by atoms with van der Waals surface area (Å²) >= 11 is 5.94. The number of nitrogens with two attached hydrogens (primary N) is 1. The van der Waals surface area contributed by atoms with Crippen molar-refractivity contribution in [2.75, 3.05) is 0 Å². The van der Waals surface area contributed by atoms with E-state index in [0.29, 0.717) is 5.02 Å². The standard InChI is InChI=1S/C12H14ClFN2/c1-2-3-4-5-12(16-15)10-7-6-9(14)8-11(10)13/h6-8,12,16H,4-5,15H2,1H3. The van der Waals surface area contributed by atoms with Gasteiger partial charge in [-0.3, -0.25) is 11.3 Å². The molecule has 3 N–H and O–H groups in total. The van der Waals surface area contributed by atoms with Gasteiger partial charge >= 0.3 is 0 Å². The van der Waals surface area contributed by atoms with Crippen LogP contribution in [0.1, 0.15) is 31.4 Å². The Balaban J connectivity index is 2.80. The third kappa shape index (κ3) is 3.49. The van der Waals surface area contributed by atoms with Gasteiger partial charge in [0.1, 0.15) is 5.82 Å². The minimum atomic E-state index is -0.349. The Kier molecular flexibility index (Phi) is 5.27. The largest absolute Gasteiger partial charge is 0.271 e. The summed E-state index contributed by atoms with van der Waals surface area (Å²) in [7, 11) is 0. The molecule has 1 aromatic rings. The Labute approximate surface area is 99.9 Å². The second-order valence-corrected chi connectivity index (χ2v) is 3.76.